The van der Waals surface area contributed by atoms with E-state index in [1.807, 2.05) is 0 Å². The van der Waals surface area contributed by atoms with Crippen molar-refractivity contribution < 1.29 is 22.4 Å². The number of nitrogens with one attached hydrogen (secondary N) is 3. The maximum atomic E-state index is 13.3. The van der Waals surface area contributed by atoms with Crippen LogP contribution in [0.2, 0.25) is 5.02 Å². The zero-order valence-corrected chi connectivity index (χ0v) is 18.9. The van der Waals surface area contributed by atoms with Crippen LogP contribution in [0.15, 0.2) is 77.7 Å². The van der Waals surface area contributed by atoms with Gasteiger partial charge in [0.05, 0.1) is 5.02 Å². The average molecular weight is 490 g/mol. The summed E-state index contributed by atoms with van der Waals surface area (Å²) in [6.45, 7) is 0.0862. The molecule has 7 nitrogen and oxygen atoms in total. The Balaban J connectivity index is 1.48. The van der Waals surface area contributed by atoms with Crippen LogP contribution in [0.4, 0.5) is 10.1 Å². The summed E-state index contributed by atoms with van der Waals surface area (Å²) >= 11 is 5.91. The Labute approximate surface area is 196 Å². The van der Waals surface area contributed by atoms with E-state index in [0.717, 1.165) is 11.6 Å². The van der Waals surface area contributed by atoms with E-state index in [1.54, 1.807) is 36.4 Å². The zero-order chi connectivity index (χ0) is 23.8. The van der Waals surface area contributed by atoms with Gasteiger partial charge in [0.2, 0.25) is 15.9 Å². The van der Waals surface area contributed by atoms with Gasteiger partial charge in [-0.05, 0) is 48.0 Å². The fourth-order valence-electron chi connectivity index (χ4n) is 2.92. The van der Waals surface area contributed by atoms with Crippen LogP contribution in [0, 0.1) is 5.82 Å². The van der Waals surface area contributed by atoms with Crippen molar-refractivity contribution in [3.05, 3.63) is 94.8 Å². The fraction of sp³-hybridized carbons (Fsp3) is 0.130. The Kier molecular flexibility index (Phi) is 8.16. The van der Waals surface area contributed by atoms with E-state index in [4.69, 9.17) is 11.6 Å². The quantitative estimate of drug-likeness (QED) is 0.426. The molecule has 10 heteroatoms. The molecular weight excluding hydrogens is 469 g/mol. The second kappa shape index (κ2) is 11.0. The maximum absolute atomic E-state index is 13.3. The lowest BCUT2D eigenvalue weighted by molar-refractivity contribution is -0.121. The monoisotopic (exact) mass is 489 g/mol. The molecule has 0 aliphatic rings. The number of rotatable bonds is 9. The van der Waals surface area contributed by atoms with Gasteiger partial charge in [-0.2, -0.15) is 0 Å². The van der Waals surface area contributed by atoms with Gasteiger partial charge in [-0.15, -0.1) is 0 Å². The van der Waals surface area contributed by atoms with E-state index in [2.05, 4.69) is 15.4 Å². The Morgan fingerprint density at radius 1 is 0.939 bits per heavy atom. The van der Waals surface area contributed by atoms with E-state index >= 15 is 0 Å². The Hall–Kier alpha value is -3.27. The smallest absolute Gasteiger partial charge is 0.255 e. The van der Waals surface area contributed by atoms with E-state index < -0.39 is 21.7 Å². The third-order valence-electron chi connectivity index (χ3n) is 4.53. The number of benzene rings is 3. The van der Waals surface area contributed by atoms with Crippen LogP contribution in [0.1, 0.15) is 22.3 Å². The highest BCUT2D eigenvalue weighted by molar-refractivity contribution is 7.89. The van der Waals surface area contributed by atoms with E-state index in [1.165, 1.54) is 30.3 Å². The van der Waals surface area contributed by atoms with Crippen molar-refractivity contribution in [2.75, 3.05) is 11.9 Å². The lowest BCUT2D eigenvalue weighted by Gasteiger charge is -2.10. The number of anilines is 1. The van der Waals surface area contributed by atoms with Crippen LogP contribution < -0.4 is 15.4 Å². The highest BCUT2D eigenvalue weighted by atomic mass is 35.5. The van der Waals surface area contributed by atoms with Gasteiger partial charge in [0.25, 0.3) is 5.91 Å². The van der Waals surface area contributed by atoms with Crippen molar-refractivity contribution in [2.45, 2.75) is 17.9 Å². The molecule has 2 amide bonds. The molecule has 0 fully saturated rings. The molecule has 172 valence electrons. The predicted molar refractivity (Wildman–Crippen MR) is 124 cm³/mol. The summed E-state index contributed by atoms with van der Waals surface area (Å²) in [6.07, 6.45) is -0.0698. The fourth-order valence-corrected chi connectivity index (χ4v) is 4.47. The molecule has 3 aromatic carbocycles. The van der Waals surface area contributed by atoms with E-state index in [-0.39, 0.29) is 40.9 Å². The first-order valence-electron chi connectivity index (χ1n) is 9.91. The Morgan fingerprint density at radius 3 is 2.45 bits per heavy atom. The Morgan fingerprint density at radius 2 is 1.70 bits per heavy atom. The molecule has 0 saturated heterocycles. The van der Waals surface area contributed by atoms with Gasteiger partial charge < -0.3 is 10.6 Å². The first-order chi connectivity index (χ1) is 15.7. The minimum atomic E-state index is -3.82. The molecule has 0 unspecified atom stereocenters. The third-order valence-corrected chi connectivity index (χ3v) is 6.49. The Bertz CT molecular complexity index is 1270. The summed E-state index contributed by atoms with van der Waals surface area (Å²) in [6, 6.07) is 18.2. The average Bonchev–Trinajstić information content (AvgIpc) is 2.78. The minimum Gasteiger partial charge on any atom is -0.352 e. The lowest BCUT2D eigenvalue weighted by atomic mass is 10.1. The molecule has 0 aliphatic carbocycles. The first-order valence-corrected chi connectivity index (χ1v) is 11.8. The topological polar surface area (TPSA) is 104 Å². The number of hydrogen-bond donors (Lipinski definition) is 3. The van der Waals surface area contributed by atoms with Crippen molar-refractivity contribution in [3.63, 3.8) is 0 Å². The molecule has 3 aromatic rings. The summed E-state index contributed by atoms with van der Waals surface area (Å²) in [5.41, 5.74) is 1.40. The van der Waals surface area contributed by atoms with E-state index in [0.29, 0.717) is 5.69 Å². The number of carbonyl (C=O) groups is 2. The molecule has 3 N–H and O–H groups in total. The second-order valence-electron chi connectivity index (χ2n) is 7.02. The van der Waals surface area contributed by atoms with Crippen molar-refractivity contribution in [1.29, 1.82) is 0 Å². The second-order valence-corrected chi connectivity index (χ2v) is 9.16. The summed E-state index contributed by atoms with van der Waals surface area (Å²) in [4.78, 5) is 24.3. The molecule has 0 spiro atoms. The molecule has 0 bridgehead atoms. The van der Waals surface area contributed by atoms with Gasteiger partial charge >= 0.3 is 0 Å². The van der Waals surface area contributed by atoms with Crippen LogP contribution in [-0.2, 0) is 21.4 Å². The minimum absolute atomic E-state index is 0.0517. The number of halogens is 2. The molecule has 0 aliphatic heterocycles. The van der Waals surface area contributed by atoms with Crippen LogP contribution in [0.5, 0.6) is 0 Å². The van der Waals surface area contributed by atoms with Gasteiger partial charge in [-0.25, -0.2) is 17.5 Å². The molecule has 0 radical (unpaired) electrons. The molecule has 0 saturated carbocycles. The van der Waals surface area contributed by atoms with Crippen molar-refractivity contribution in [2.24, 2.45) is 0 Å². The van der Waals surface area contributed by atoms with Crippen LogP contribution in [0.25, 0.3) is 0 Å². The summed E-state index contributed by atoms with van der Waals surface area (Å²) in [5.74, 6) is -1.32. The first kappa shape index (κ1) is 24.4. The van der Waals surface area contributed by atoms with Crippen molar-refractivity contribution >= 4 is 39.1 Å². The van der Waals surface area contributed by atoms with Crippen LogP contribution in [0.3, 0.4) is 0 Å². The molecule has 0 atom stereocenters. The molecule has 0 aromatic heterocycles. The molecule has 33 heavy (non-hydrogen) atoms. The SMILES string of the molecule is O=C(CCNS(=O)(=O)c1ccccc1Cl)NCc1cccc(NC(=O)c2cccc(F)c2)c1. The highest BCUT2D eigenvalue weighted by Gasteiger charge is 2.17. The number of hydrogen-bond acceptors (Lipinski definition) is 4. The van der Waals surface area contributed by atoms with Gasteiger partial charge in [-0.3, -0.25) is 9.59 Å². The standard InChI is InChI=1S/C23H21ClFN3O4S/c24-20-9-1-2-10-21(20)33(31,32)27-12-11-22(29)26-15-16-5-3-8-19(13-16)28-23(30)17-6-4-7-18(25)14-17/h1-10,13-14,27H,11-12,15H2,(H,26,29)(H,28,30). The number of amides is 2. The zero-order valence-electron chi connectivity index (χ0n) is 17.3. The van der Waals surface area contributed by atoms with E-state index in [9.17, 15) is 22.4 Å². The van der Waals surface area contributed by atoms with Gasteiger partial charge in [0.15, 0.2) is 0 Å². The predicted octanol–water partition coefficient (Wildman–Crippen LogP) is 3.72. The van der Waals surface area contributed by atoms with Crippen LogP contribution >= 0.6 is 11.6 Å². The normalized spacial score (nSPS) is 11.1. The van der Waals surface area contributed by atoms with Crippen LogP contribution in [-0.4, -0.2) is 26.8 Å². The maximum Gasteiger partial charge on any atom is 0.255 e. The molecular formula is C23H21ClFN3O4S. The van der Waals surface area contributed by atoms with Crippen molar-refractivity contribution in [3.8, 4) is 0 Å². The third kappa shape index (κ3) is 7.11. The van der Waals surface area contributed by atoms with Gasteiger partial charge in [0.1, 0.15) is 10.7 Å². The largest absolute Gasteiger partial charge is 0.352 e. The number of carbonyl (C=O) groups excluding carboxylic acids is 2. The van der Waals surface area contributed by atoms with Crippen molar-refractivity contribution in [1.82, 2.24) is 10.0 Å². The van der Waals surface area contributed by atoms with Gasteiger partial charge in [0, 0.05) is 30.8 Å². The highest BCUT2D eigenvalue weighted by Crippen LogP contribution is 2.20. The summed E-state index contributed by atoms with van der Waals surface area (Å²) < 4.78 is 40.2. The molecule has 3 rings (SSSR count). The summed E-state index contributed by atoms with van der Waals surface area (Å²) in [7, 11) is -3.82. The number of sulfonamides is 1. The summed E-state index contributed by atoms with van der Waals surface area (Å²) in [5, 5.41) is 5.47. The lowest BCUT2D eigenvalue weighted by Crippen LogP contribution is -2.30. The van der Waals surface area contributed by atoms with Gasteiger partial charge in [-0.1, -0.05) is 41.9 Å². The molecule has 0 heterocycles.